The van der Waals surface area contributed by atoms with Gasteiger partial charge in [-0.15, -0.1) is 0 Å². The number of H-pyrrole nitrogens is 1. The van der Waals surface area contributed by atoms with Gasteiger partial charge in [-0.05, 0) is 24.3 Å². The number of nitrogens with zero attached hydrogens (tertiary/aromatic N) is 2. The second-order valence-electron chi connectivity index (χ2n) is 4.33. The minimum absolute atomic E-state index is 0.663. The van der Waals surface area contributed by atoms with Crippen molar-refractivity contribution < 1.29 is 0 Å². The van der Waals surface area contributed by atoms with Gasteiger partial charge in [-0.3, -0.25) is 0 Å². The number of fused-ring (bicyclic) bond motifs is 2. The summed E-state index contributed by atoms with van der Waals surface area (Å²) in [5.41, 5.74) is 2.74. The van der Waals surface area contributed by atoms with Crippen molar-refractivity contribution in [1.29, 1.82) is 0 Å². The van der Waals surface area contributed by atoms with Gasteiger partial charge in [0, 0.05) is 0 Å². The van der Waals surface area contributed by atoms with Gasteiger partial charge in [0.25, 0.3) is 0 Å². The summed E-state index contributed by atoms with van der Waals surface area (Å²) in [7, 11) is 0. The summed E-state index contributed by atoms with van der Waals surface area (Å²) in [5.74, 6) is 0.682. The number of anilines is 2. The third kappa shape index (κ3) is 1.92. The van der Waals surface area contributed by atoms with Crippen molar-refractivity contribution >= 4 is 55.3 Å². The first kappa shape index (κ1) is 11.7. The van der Waals surface area contributed by atoms with Crippen LogP contribution in [0.5, 0.6) is 0 Å². The molecule has 0 spiro atoms. The highest BCUT2D eigenvalue weighted by Gasteiger charge is 2.08. The smallest absolute Gasteiger partial charge is 0.207 e. The van der Waals surface area contributed by atoms with Gasteiger partial charge in [0.05, 0.1) is 20.8 Å². The van der Waals surface area contributed by atoms with Gasteiger partial charge in [-0.2, -0.15) is 0 Å². The third-order valence-corrected chi connectivity index (χ3v) is 4.23. The normalized spacial score (nSPS) is 11.2. The molecule has 0 unspecified atom stereocenters. The van der Waals surface area contributed by atoms with E-state index in [2.05, 4.69) is 20.3 Å². The van der Waals surface area contributed by atoms with Crippen molar-refractivity contribution in [2.24, 2.45) is 0 Å². The number of thiazole rings is 1. The second-order valence-corrected chi connectivity index (χ2v) is 5.77. The summed E-state index contributed by atoms with van der Waals surface area (Å²) in [6.45, 7) is 0. The molecule has 2 N–H and O–H groups in total. The summed E-state index contributed by atoms with van der Waals surface area (Å²) in [5, 5.41) is 4.63. The molecule has 0 aliphatic heterocycles. The fraction of sp³-hybridized carbons (Fsp3) is 0. The van der Waals surface area contributed by atoms with E-state index < -0.39 is 0 Å². The van der Waals surface area contributed by atoms with Crippen LogP contribution in [-0.2, 0) is 0 Å². The molecule has 0 atom stereocenters. The first-order chi connectivity index (χ1) is 9.79. The Bertz CT molecular complexity index is 879. The molecule has 2 aromatic heterocycles. The van der Waals surface area contributed by atoms with Crippen molar-refractivity contribution in [1.82, 2.24) is 15.0 Å². The van der Waals surface area contributed by atoms with Crippen LogP contribution in [0.3, 0.4) is 0 Å². The predicted octanol–water partition coefficient (Wildman–Crippen LogP) is 4.57. The SMILES string of the molecule is Clc1cccc2sc(Nc3nc4ccccc4[nH]3)nc12. The lowest BCUT2D eigenvalue weighted by Gasteiger charge is -1.94. The molecular weight excluding hydrogens is 292 g/mol. The molecule has 0 amide bonds. The standard InChI is InChI=1S/C14H9ClN4S/c15-8-4-3-7-11-12(8)18-14(20-11)19-13-16-9-5-1-2-6-10(9)17-13/h1-7H,(H2,16,17,18,19). The second kappa shape index (κ2) is 4.47. The van der Waals surface area contributed by atoms with E-state index in [1.165, 1.54) is 0 Å². The van der Waals surface area contributed by atoms with E-state index in [9.17, 15) is 0 Å². The molecule has 2 heterocycles. The predicted molar refractivity (Wildman–Crippen MR) is 84.0 cm³/mol. The van der Waals surface area contributed by atoms with Gasteiger partial charge in [0.2, 0.25) is 5.95 Å². The first-order valence-electron chi connectivity index (χ1n) is 6.06. The lowest BCUT2D eigenvalue weighted by atomic mass is 10.3. The van der Waals surface area contributed by atoms with E-state index in [0.29, 0.717) is 11.0 Å². The number of rotatable bonds is 2. The number of para-hydroxylation sites is 3. The molecule has 4 nitrogen and oxygen atoms in total. The Hall–Kier alpha value is -2.11. The van der Waals surface area contributed by atoms with E-state index in [1.807, 2.05) is 42.5 Å². The molecular formula is C14H9ClN4S. The maximum atomic E-state index is 6.13. The lowest BCUT2D eigenvalue weighted by molar-refractivity contribution is 1.29. The van der Waals surface area contributed by atoms with E-state index in [1.54, 1.807) is 11.3 Å². The molecule has 0 saturated heterocycles. The number of nitrogens with one attached hydrogen (secondary N) is 2. The van der Waals surface area contributed by atoms with Crippen LogP contribution in [0.1, 0.15) is 0 Å². The molecule has 4 aromatic rings. The summed E-state index contributed by atoms with van der Waals surface area (Å²) in [6.07, 6.45) is 0. The van der Waals surface area contributed by atoms with Gasteiger partial charge < -0.3 is 10.3 Å². The summed E-state index contributed by atoms with van der Waals surface area (Å²) in [4.78, 5) is 12.2. The number of halogens is 1. The molecule has 4 rings (SSSR count). The molecule has 0 bridgehead atoms. The Balaban J connectivity index is 1.74. The van der Waals surface area contributed by atoms with Crippen molar-refractivity contribution in [2.45, 2.75) is 0 Å². The zero-order valence-electron chi connectivity index (χ0n) is 10.2. The molecule has 0 fully saturated rings. The quantitative estimate of drug-likeness (QED) is 0.570. The Kier molecular flexibility index (Phi) is 2.61. The highest BCUT2D eigenvalue weighted by Crippen LogP contribution is 2.31. The minimum atomic E-state index is 0.663. The summed E-state index contributed by atoms with van der Waals surface area (Å²) < 4.78 is 1.05. The van der Waals surface area contributed by atoms with E-state index >= 15 is 0 Å². The largest absolute Gasteiger partial charge is 0.324 e. The van der Waals surface area contributed by atoms with Crippen LogP contribution < -0.4 is 5.32 Å². The minimum Gasteiger partial charge on any atom is -0.324 e. The highest BCUT2D eigenvalue weighted by atomic mass is 35.5. The van der Waals surface area contributed by atoms with E-state index in [-0.39, 0.29) is 0 Å². The molecule has 6 heteroatoms. The van der Waals surface area contributed by atoms with E-state index in [0.717, 1.165) is 26.4 Å². The fourth-order valence-electron chi connectivity index (χ4n) is 2.08. The molecule has 0 radical (unpaired) electrons. The molecule has 0 aliphatic rings. The number of imidazole rings is 1. The average Bonchev–Trinajstić information content (AvgIpc) is 3.02. The lowest BCUT2D eigenvalue weighted by Crippen LogP contribution is -1.90. The van der Waals surface area contributed by atoms with Crippen LogP contribution in [0.4, 0.5) is 11.1 Å². The van der Waals surface area contributed by atoms with Gasteiger partial charge in [0.15, 0.2) is 5.13 Å². The maximum absolute atomic E-state index is 6.13. The number of hydrogen-bond acceptors (Lipinski definition) is 4. The molecule has 20 heavy (non-hydrogen) atoms. The molecule has 2 aromatic carbocycles. The van der Waals surface area contributed by atoms with Crippen LogP contribution in [0.2, 0.25) is 5.02 Å². The van der Waals surface area contributed by atoms with Gasteiger partial charge in [0.1, 0.15) is 5.52 Å². The first-order valence-corrected chi connectivity index (χ1v) is 7.26. The van der Waals surface area contributed by atoms with Gasteiger partial charge in [-0.1, -0.05) is 41.1 Å². The van der Waals surface area contributed by atoms with Gasteiger partial charge >= 0.3 is 0 Å². The van der Waals surface area contributed by atoms with Crippen LogP contribution in [-0.4, -0.2) is 15.0 Å². The molecule has 98 valence electrons. The van der Waals surface area contributed by atoms with Crippen molar-refractivity contribution in [3.63, 3.8) is 0 Å². The topological polar surface area (TPSA) is 53.6 Å². The van der Waals surface area contributed by atoms with Crippen molar-refractivity contribution in [3.05, 3.63) is 47.5 Å². The number of hydrogen-bond donors (Lipinski definition) is 2. The van der Waals surface area contributed by atoms with Crippen LogP contribution in [0.25, 0.3) is 21.3 Å². The number of benzene rings is 2. The highest BCUT2D eigenvalue weighted by molar-refractivity contribution is 7.22. The van der Waals surface area contributed by atoms with Crippen LogP contribution in [0.15, 0.2) is 42.5 Å². The van der Waals surface area contributed by atoms with Crippen molar-refractivity contribution in [3.8, 4) is 0 Å². The Morgan fingerprint density at radius 2 is 1.95 bits per heavy atom. The van der Waals surface area contributed by atoms with E-state index in [4.69, 9.17) is 11.6 Å². The van der Waals surface area contributed by atoms with Crippen molar-refractivity contribution in [2.75, 3.05) is 5.32 Å². The van der Waals surface area contributed by atoms with Gasteiger partial charge in [-0.25, -0.2) is 9.97 Å². The Labute approximate surface area is 123 Å². The maximum Gasteiger partial charge on any atom is 0.207 e. The summed E-state index contributed by atoms with van der Waals surface area (Å²) in [6, 6.07) is 13.7. The Morgan fingerprint density at radius 3 is 2.80 bits per heavy atom. The zero-order chi connectivity index (χ0) is 13.5. The van der Waals surface area contributed by atoms with Crippen LogP contribution in [0, 0.1) is 0 Å². The van der Waals surface area contributed by atoms with Crippen LogP contribution >= 0.6 is 22.9 Å². The molecule has 0 aliphatic carbocycles. The molecule has 0 saturated carbocycles. The fourth-order valence-corrected chi connectivity index (χ4v) is 3.25. The zero-order valence-corrected chi connectivity index (χ0v) is 11.8. The monoisotopic (exact) mass is 300 g/mol. The third-order valence-electron chi connectivity index (χ3n) is 2.98. The average molecular weight is 301 g/mol. The number of aromatic nitrogens is 3. The Morgan fingerprint density at radius 1 is 1.05 bits per heavy atom. The summed E-state index contributed by atoms with van der Waals surface area (Å²) >= 11 is 7.68. The number of aromatic amines is 1.